The number of ether oxygens (including phenoxy) is 1. The zero-order chi connectivity index (χ0) is 14.0. The molecular weight excluding hydrogens is 326 g/mol. The van der Waals surface area contributed by atoms with Crippen molar-refractivity contribution in [2.45, 2.75) is 13.8 Å². The highest BCUT2D eigenvalue weighted by Gasteiger charge is 2.06. The Morgan fingerprint density at radius 1 is 1.21 bits per heavy atom. The smallest absolute Gasteiger partial charge is 0.237 e. The van der Waals surface area contributed by atoms with Gasteiger partial charge in [0.05, 0.1) is 12.4 Å². The Kier molecular flexibility index (Phi) is 4.11. The van der Waals surface area contributed by atoms with Gasteiger partial charge in [-0.3, -0.25) is 0 Å². The molecule has 0 saturated heterocycles. The number of hydrogen-bond acceptors (Lipinski definition) is 4. The molecule has 4 nitrogen and oxygen atoms in total. The quantitative estimate of drug-likeness (QED) is 0.871. The summed E-state index contributed by atoms with van der Waals surface area (Å²) in [6.45, 7) is 4.01. The van der Waals surface area contributed by atoms with Crippen LogP contribution in [0.5, 0.6) is 11.6 Å². The summed E-state index contributed by atoms with van der Waals surface area (Å²) in [6.07, 6.45) is 3.00. The van der Waals surface area contributed by atoms with Gasteiger partial charge in [-0.2, -0.15) is 0 Å². The van der Waals surface area contributed by atoms with Gasteiger partial charge in [0.25, 0.3) is 0 Å². The van der Waals surface area contributed by atoms with E-state index in [1.807, 2.05) is 26.0 Å². The van der Waals surface area contributed by atoms with Crippen molar-refractivity contribution in [3.8, 4) is 11.6 Å². The lowest BCUT2D eigenvalue weighted by Gasteiger charge is -2.09. The van der Waals surface area contributed by atoms with Crippen LogP contribution in [0.25, 0.3) is 0 Å². The molecule has 0 fully saturated rings. The van der Waals surface area contributed by atoms with Crippen molar-refractivity contribution in [2.24, 2.45) is 5.73 Å². The fourth-order valence-electron chi connectivity index (χ4n) is 1.58. The molecule has 6 heteroatoms. The Balaban J connectivity index is 2.24. The van der Waals surface area contributed by atoms with Gasteiger partial charge in [-0.15, -0.1) is 0 Å². The molecule has 0 aliphatic carbocycles. The molecule has 0 bridgehead atoms. The Bertz CT molecular complexity index is 605. The minimum Gasteiger partial charge on any atom is -0.437 e. The number of thiocarbonyl (C=S) groups is 1. The van der Waals surface area contributed by atoms with Crippen LogP contribution in [-0.4, -0.2) is 15.0 Å². The molecule has 0 unspecified atom stereocenters. The van der Waals surface area contributed by atoms with E-state index in [-0.39, 0.29) is 4.99 Å². The molecule has 0 aliphatic rings. The fraction of sp³-hybridized carbons (Fsp3) is 0.154. The van der Waals surface area contributed by atoms with Crippen molar-refractivity contribution in [1.82, 2.24) is 9.97 Å². The molecule has 1 heterocycles. The topological polar surface area (TPSA) is 61.0 Å². The van der Waals surface area contributed by atoms with Gasteiger partial charge in [0.1, 0.15) is 16.4 Å². The van der Waals surface area contributed by atoms with E-state index >= 15 is 0 Å². The van der Waals surface area contributed by atoms with E-state index in [0.717, 1.165) is 21.3 Å². The van der Waals surface area contributed by atoms with Crippen molar-refractivity contribution in [2.75, 3.05) is 0 Å². The summed E-state index contributed by atoms with van der Waals surface area (Å²) in [4.78, 5) is 8.40. The first-order chi connectivity index (χ1) is 8.97. The predicted octanol–water partition coefficient (Wildman–Crippen LogP) is 3.28. The van der Waals surface area contributed by atoms with E-state index in [9.17, 15) is 0 Å². The van der Waals surface area contributed by atoms with Crippen LogP contribution < -0.4 is 10.5 Å². The summed E-state index contributed by atoms with van der Waals surface area (Å²) in [5.41, 5.74) is 8.13. The van der Waals surface area contributed by atoms with E-state index < -0.39 is 0 Å². The number of benzene rings is 1. The molecule has 2 N–H and O–H groups in total. The van der Waals surface area contributed by atoms with Crippen LogP contribution >= 0.6 is 28.1 Å². The number of rotatable bonds is 3. The molecule has 1 aromatic carbocycles. The van der Waals surface area contributed by atoms with E-state index in [4.69, 9.17) is 22.7 Å². The van der Waals surface area contributed by atoms with Crippen molar-refractivity contribution in [1.29, 1.82) is 0 Å². The minimum absolute atomic E-state index is 0.217. The molecule has 2 rings (SSSR count). The first-order valence-corrected chi connectivity index (χ1v) is 6.74. The highest BCUT2D eigenvalue weighted by molar-refractivity contribution is 9.10. The molecule has 0 atom stereocenters. The van der Waals surface area contributed by atoms with Crippen LogP contribution in [0.15, 0.2) is 29.0 Å². The fourth-order valence-corrected chi connectivity index (χ4v) is 1.92. The van der Waals surface area contributed by atoms with Crippen LogP contribution in [0, 0.1) is 13.8 Å². The molecule has 0 radical (unpaired) electrons. The zero-order valence-corrected chi connectivity index (χ0v) is 12.9. The first kappa shape index (κ1) is 13.9. The van der Waals surface area contributed by atoms with Crippen molar-refractivity contribution in [3.05, 3.63) is 45.8 Å². The van der Waals surface area contributed by atoms with Gasteiger partial charge in [-0.1, -0.05) is 28.1 Å². The molecule has 0 aliphatic heterocycles. The minimum atomic E-state index is 0.217. The number of aryl methyl sites for hydroxylation is 2. The van der Waals surface area contributed by atoms with Gasteiger partial charge in [0.2, 0.25) is 5.88 Å². The Morgan fingerprint density at radius 3 is 2.32 bits per heavy atom. The summed E-state index contributed by atoms with van der Waals surface area (Å²) in [6, 6.07) is 3.86. The third-order valence-corrected chi connectivity index (χ3v) is 3.97. The molecule has 19 heavy (non-hydrogen) atoms. The molecule has 2 aromatic rings. The van der Waals surface area contributed by atoms with Crippen LogP contribution in [0.4, 0.5) is 0 Å². The Labute approximate surface area is 125 Å². The van der Waals surface area contributed by atoms with Gasteiger partial charge in [0.15, 0.2) is 0 Å². The van der Waals surface area contributed by atoms with E-state index in [2.05, 4.69) is 25.9 Å². The van der Waals surface area contributed by atoms with Crippen LogP contribution in [0.1, 0.15) is 16.8 Å². The third-order valence-electron chi connectivity index (χ3n) is 2.51. The van der Waals surface area contributed by atoms with Gasteiger partial charge >= 0.3 is 0 Å². The number of nitrogens with zero attached hydrogens (tertiary/aromatic N) is 2. The number of halogens is 1. The van der Waals surface area contributed by atoms with Gasteiger partial charge < -0.3 is 10.5 Å². The molecule has 1 aromatic heterocycles. The van der Waals surface area contributed by atoms with Crippen LogP contribution in [-0.2, 0) is 0 Å². The summed E-state index contributed by atoms with van der Waals surface area (Å²) in [7, 11) is 0. The summed E-state index contributed by atoms with van der Waals surface area (Å²) in [5.74, 6) is 1.12. The van der Waals surface area contributed by atoms with Crippen molar-refractivity contribution < 1.29 is 4.74 Å². The van der Waals surface area contributed by atoms with E-state index in [0.29, 0.717) is 11.6 Å². The third kappa shape index (κ3) is 3.27. The Morgan fingerprint density at radius 2 is 1.84 bits per heavy atom. The van der Waals surface area contributed by atoms with Crippen LogP contribution in [0.2, 0.25) is 0 Å². The molecular formula is C13H12BrN3OS. The number of aromatic nitrogens is 2. The molecule has 0 amide bonds. The highest BCUT2D eigenvalue weighted by Crippen LogP contribution is 2.28. The molecule has 0 spiro atoms. The SMILES string of the molecule is Cc1cc(Oc2cnc(C(N)=S)cn2)cc(C)c1Br. The number of nitrogens with two attached hydrogens (primary N) is 1. The summed E-state index contributed by atoms with van der Waals surface area (Å²) >= 11 is 8.33. The average Bonchev–Trinajstić information content (AvgIpc) is 2.36. The standard InChI is InChI=1S/C13H12BrN3OS/c1-7-3-9(4-8(2)12(7)14)18-11-6-16-10(5-17-11)13(15)19/h3-6H,1-2H3,(H2,15,19). The van der Waals surface area contributed by atoms with Gasteiger partial charge in [-0.25, -0.2) is 9.97 Å². The average molecular weight is 338 g/mol. The first-order valence-electron chi connectivity index (χ1n) is 5.54. The highest BCUT2D eigenvalue weighted by atomic mass is 79.9. The van der Waals surface area contributed by atoms with Crippen LogP contribution in [0.3, 0.4) is 0 Å². The second-order valence-electron chi connectivity index (χ2n) is 4.08. The largest absolute Gasteiger partial charge is 0.437 e. The second-order valence-corrected chi connectivity index (χ2v) is 5.31. The van der Waals surface area contributed by atoms with Crippen molar-refractivity contribution in [3.63, 3.8) is 0 Å². The lowest BCUT2D eigenvalue weighted by molar-refractivity contribution is 0.459. The Hall–Kier alpha value is -1.53. The monoisotopic (exact) mass is 337 g/mol. The van der Waals surface area contributed by atoms with Gasteiger partial charge in [-0.05, 0) is 37.1 Å². The molecule has 0 saturated carbocycles. The lowest BCUT2D eigenvalue weighted by atomic mass is 10.1. The maximum Gasteiger partial charge on any atom is 0.237 e. The van der Waals surface area contributed by atoms with Gasteiger partial charge in [0, 0.05) is 4.47 Å². The summed E-state index contributed by atoms with van der Waals surface area (Å²) < 4.78 is 6.73. The maximum atomic E-state index is 5.65. The zero-order valence-electron chi connectivity index (χ0n) is 10.5. The second kappa shape index (κ2) is 5.63. The molecule has 98 valence electrons. The maximum absolute atomic E-state index is 5.65. The van der Waals surface area contributed by atoms with Crippen molar-refractivity contribution >= 4 is 33.1 Å². The predicted molar refractivity (Wildman–Crippen MR) is 81.6 cm³/mol. The van der Waals surface area contributed by atoms with E-state index in [1.165, 1.54) is 12.4 Å². The number of hydrogen-bond donors (Lipinski definition) is 1. The summed E-state index contributed by atoms with van der Waals surface area (Å²) in [5, 5.41) is 0. The lowest BCUT2D eigenvalue weighted by Crippen LogP contribution is -2.11. The normalized spacial score (nSPS) is 10.3. The van der Waals surface area contributed by atoms with E-state index in [1.54, 1.807) is 0 Å².